The van der Waals surface area contributed by atoms with E-state index in [1.54, 1.807) is 6.07 Å². The molecule has 0 N–H and O–H groups in total. The van der Waals surface area contributed by atoms with Gasteiger partial charge in [-0.1, -0.05) is 60.7 Å². The molecule has 4 aromatic rings. The van der Waals surface area contributed by atoms with E-state index in [2.05, 4.69) is 91.2 Å². The topological polar surface area (TPSA) is 28.1 Å². The molecule has 7 heteroatoms. The van der Waals surface area contributed by atoms with Crippen LogP contribution in [-0.2, 0) is 19.5 Å². The van der Waals surface area contributed by atoms with E-state index >= 15 is 0 Å². The Morgan fingerprint density at radius 1 is 0.851 bits per heavy atom. The van der Waals surface area contributed by atoms with E-state index in [9.17, 15) is 13.2 Å². The molecule has 4 nitrogen and oxygen atoms in total. The molecule has 0 bridgehead atoms. The van der Waals surface area contributed by atoms with E-state index in [0.717, 1.165) is 77.3 Å². The predicted molar refractivity (Wildman–Crippen MR) is 184 cm³/mol. The molecule has 7 rings (SSSR count). The first-order valence-electron chi connectivity index (χ1n) is 16.8. The molecule has 3 aliphatic rings. The average Bonchev–Trinajstić information content (AvgIpc) is 3.77. The summed E-state index contributed by atoms with van der Waals surface area (Å²) in [5.74, 6) is 0.254. The lowest BCUT2D eigenvalue weighted by atomic mass is 9.88. The molecule has 4 aromatic carbocycles. The zero-order valence-corrected chi connectivity index (χ0v) is 27.4. The standard InChI is InChI=1S/C40H42F3N3O/c1-25-7-6-17-46(25)23-31-20-37-30(21-39(31)47-40(42)43)19-38(44-37)36-11-5-10-35(27(36)3)34-9-4-8-33(26(34)2)29-14-12-28(13-15-29)22-45-18-16-32(41)24-45/h4-5,8-15,20-21,25,32,40H,6-7,16-19,22-24H2,1-3H3. The number of likely N-dealkylation sites (tertiary alicyclic amines) is 2. The van der Waals surface area contributed by atoms with Crippen LogP contribution in [0.25, 0.3) is 22.3 Å². The Balaban J connectivity index is 1.16. The number of rotatable bonds is 9. The zero-order chi connectivity index (χ0) is 32.7. The highest BCUT2D eigenvalue weighted by Crippen LogP contribution is 2.39. The molecule has 2 atom stereocenters. The molecule has 2 unspecified atom stereocenters. The van der Waals surface area contributed by atoms with Crippen LogP contribution in [0.4, 0.5) is 18.9 Å². The minimum absolute atomic E-state index is 0.254. The van der Waals surface area contributed by atoms with Crippen molar-refractivity contribution in [2.24, 2.45) is 4.99 Å². The van der Waals surface area contributed by atoms with Gasteiger partial charge >= 0.3 is 6.61 Å². The van der Waals surface area contributed by atoms with Gasteiger partial charge in [-0.3, -0.25) is 14.8 Å². The number of fused-ring (bicyclic) bond motifs is 1. The lowest BCUT2D eigenvalue weighted by molar-refractivity contribution is -0.0508. The van der Waals surface area contributed by atoms with Crippen molar-refractivity contribution in [2.75, 3.05) is 19.6 Å². The molecule has 0 saturated carbocycles. The fourth-order valence-corrected chi connectivity index (χ4v) is 7.65. The predicted octanol–water partition coefficient (Wildman–Crippen LogP) is 9.44. The van der Waals surface area contributed by atoms with E-state index in [1.165, 1.54) is 22.3 Å². The molecular formula is C40H42F3N3O. The lowest BCUT2D eigenvalue weighted by Gasteiger charge is -2.23. The van der Waals surface area contributed by atoms with Crippen LogP contribution in [0.3, 0.4) is 0 Å². The minimum atomic E-state index is -2.87. The summed E-state index contributed by atoms with van der Waals surface area (Å²) in [7, 11) is 0. The largest absolute Gasteiger partial charge is 0.434 e. The quantitative estimate of drug-likeness (QED) is 0.183. The van der Waals surface area contributed by atoms with Gasteiger partial charge in [-0.2, -0.15) is 8.78 Å². The number of hydrogen-bond donors (Lipinski definition) is 0. The third-order valence-electron chi connectivity index (χ3n) is 10.3. The van der Waals surface area contributed by atoms with Crippen LogP contribution < -0.4 is 4.74 Å². The summed E-state index contributed by atoms with van der Waals surface area (Å²) in [5.41, 5.74) is 12.7. The Kier molecular flexibility index (Phi) is 8.95. The molecule has 2 saturated heterocycles. The summed E-state index contributed by atoms with van der Waals surface area (Å²) < 4.78 is 45.6. The van der Waals surface area contributed by atoms with Crippen molar-refractivity contribution in [3.05, 3.63) is 106 Å². The molecule has 0 aliphatic carbocycles. The maximum absolute atomic E-state index is 13.6. The second-order valence-corrected chi connectivity index (χ2v) is 13.4. The normalized spacial score (nSPS) is 19.9. The molecular weight excluding hydrogens is 595 g/mol. The van der Waals surface area contributed by atoms with Gasteiger partial charge in [0.05, 0.1) is 11.4 Å². The van der Waals surface area contributed by atoms with Gasteiger partial charge in [-0.15, -0.1) is 0 Å². The monoisotopic (exact) mass is 637 g/mol. The number of nitrogens with zero attached hydrogens (tertiary/aromatic N) is 3. The third kappa shape index (κ3) is 6.61. The number of hydrogen-bond acceptors (Lipinski definition) is 4. The van der Waals surface area contributed by atoms with E-state index in [-0.39, 0.29) is 5.75 Å². The highest BCUT2D eigenvalue weighted by atomic mass is 19.3. The Morgan fingerprint density at radius 2 is 1.55 bits per heavy atom. The molecule has 0 aromatic heterocycles. The van der Waals surface area contributed by atoms with Crippen molar-refractivity contribution in [1.29, 1.82) is 0 Å². The van der Waals surface area contributed by atoms with Crippen molar-refractivity contribution in [3.63, 3.8) is 0 Å². The molecule has 47 heavy (non-hydrogen) atoms. The summed E-state index contributed by atoms with van der Waals surface area (Å²) in [5, 5.41) is 0. The summed E-state index contributed by atoms with van der Waals surface area (Å²) in [4.78, 5) is 9.57. The lowest BCUT2D eigenvalue weighted by Crippen LogP contribution is -2.26. The van der Waals surface area contributed by atoms with Gasteiger partial charge in [-0.25, -0.2) is 4.39 Å². The van der Waals surface area contributed by atoms with Gasteiger partial charge in [0.2, 0.25) is 0 Å². The van der Waals surface area contributed by atoms with Crippen molar-refractivity contribution in [1.82, 2.24) is 9.80 Å². The molecule has 3 aliphatic heterocycles. The third-order valence-corrected chi connectivity index (χ3v) is 10.3. The molecule has 2 fully saturated rings. The van der Waals surface area contributed by atoms with Crippen LogP contribution in [-0.4, -0.2) is 54.0 Å². The summed E-state index contributed by atoms with van der Waals surface area (Å²) >= 11 is 0. The number of halogens is 3. The summed E-state index contributed by atoms with van der Waals surface area (Å²) in [6.07, 6.45) is 2.71. The molecule has 3 heterocycles. The minimum Gasteiger partial charge on any atom is -0.434 e. The second kappa shape index (κ2) is 13.3. The van der Waals surface area contributed by atoms with Crippen LogP contribution >= 0.6 is 0 Å². The number of aliphatic imine (C=N–C) groups is 1. The zero-order valence-electron chi connectivity index (χ0n) is 27.4. The molecule has 0 amide bonds. The fourth-order valence-electron chi connectivity index (χ4n) is 7.65. The van der Waals surface area contributed by atoms with Gasteiger partial charge in [0.25, 0.3) is 0 Å². The van der Waals surface area contributed by atoms with Gasteiger partial charge in [-0.05, 0) is 109 Å². The first-order chi connectivity index (χ1) is 22.7. The number of alkyl halides is 3. The van der Waals surface area contributed by atoms with E-state index < -0.39 is 12.8 Å². The highest BCUT2D eigenvalue weighted by Gasteiger charge is 2.26. The molecule has 244 valence electrons. The van der Waals surface area contributed by atoms with Crippen molar-refractivity contribution < 1.29 is 17.9 Å². The van der Waals surface area contributed by atoms with Gasteiger partial charge in [0.15, 0.2) is 0 Å². The van der Waals surface area contributed by atoms with Gasteiger partial charge in [0, 0.05) is 44.2 Å². The Hall–Kier alpha value is -3.94. The van der Waals surface area contributed by atoms with Crippen LogP contribution in [0.2, 0.25) is 0 Å². The Morgan fingerprint density at radius 3 is 2.21 bits per heavy atom. The highest BCUT2D eigenvalue weighted by molar-refractivity contribution is 6.08. The maximum atomic E-state index is 13.6. The Labute approximate surface area is 275 Å². The first-order valence-corrected chi connectivity index (χ1v) is 16.8. The maximum Gasteiger partial charge on any atom is 0.387 e. The fraction of sp³-hybridized carbons (Fsp3) is 0.375. The SMILES string of the molecule is Cc1c(C2=Nc3cc(CN4CCCC4C)c(OC(F)F)cc3C2)cccc1-c1cccc(-c2ccc(CN3CCC(F)C3)cc2)c1C. The van der Waals surface area contributed by atoms with Gasteiger partial charge in [0.1, 0.15) is 11.9 Å². The van der Waals surface area contributed by atoms with Crippen LogP contribution in [0.5, 0.6) is 5.75 Å². The summed E-state index contributed by atoms with van der Waals surface area (Å²) in [6.45, 7) is 7.27. The number of ether oxygens (including phenoxy) is 1. The van der Waals surface area contributed by atoms with Crippen LogP contribution in [0.1, 0.15) is 59.6 Å². The first kappa shape index (κ1) is 31.6. The van der Waals surface area contributed by atoms with E-state index in [4.69, 9.17) is 9.73 Å². The van der Waals surface area contributed by atoms with Crippen molar-refractivity contribution >= 4 is 11.4 Å². The van der Waals surface area contributed by atoms with Crippen LogP contribution in [0, 0.1) is 13.8 Å². The van der Waals surface area contributed by atoms with Crippen LogP contribution in [0.15, 0.2) is 77.8 Å². The van der Waals surface area contributed by atoms with Crippen molar-refractivity contribution in [3.8, 4) is 28.0 Å². The second-order valence-electron chi connectivity index (χ2n) is 13.4. The molecule has 0 radical (unpaired) electrons. The average molecular weight is 638 g/mol. The Bertz CT molecular complexity index is 1800. The van der Waals surface area contributed by atoms with Crippen molar-refractivity contribution in [2.45, 2.75) is 78.4 Å². The smallest absolute Gasteiger partial charge is 0.387 e. The van der Waals surface area contributed by atoms with E-state index in [0.29, 0.717) is 32.0 Å². The number of benzene rings is 4. The summed E-state index contributed by atoms with van der Waals surface area (Å²) in [6, 6.07) is 25.6. The molecule has 0 spiro atoms. The van der Waals surface area contributed by atoms with Gasteiger partial charge < -0.3 is 4.74 Å². The van der Waals surface area contributed by atoms with E-state index in [1.807, 2.05) is 6.07 Å².